The van der Waals surface area contributed by atoms with Gasteiger partial charge in [-0.15, -0.1) is 9.36 Å². The first-order valence-corrected chi connectivity index (χ1v) is 3.29. The average Bonchev–Trinajstić information content (AvgIpc) is 2.22. The van der Waals surface area contributed by atoms with Crippen LogP contribution in [0.5, 0.6) is 0 Å². The van der Waals surface area contributed by atoms with E-state index < -0.39 is 0 Å². The third-order valence-electron chi connectivity index (χ3n) is 1.72. The second-order valence-corrected chi connectivity index (χ2v) is 2.51. The number of aromatic nitrogens is 3. The van der Waals surface area contributed by atoms with Gasteiger partial charge in [-0.3, -0.25) is 0 Å². The van der Waals surface area contributed by atoms with Gasteiger partial charge in [0.15, 0.2) is 11.9 Å². The van der Waals surface area contributed by atoms with Crippen molar-refractivity contribution in [3.05, 3.63) is 11.9 Å². The maximum atomic E-state index is 4.22. The van der Waals surface area contributed by atoms with E-state index in [1.165, 1.54) is 18.5 Å². The van der Waals surface area contributed by atoms with Crippen LogP contribution in [0.3, 0.4) is 0 Å². The van der Waals surface area contributed by atoms with Gasteiger partial charge in [-0.2, -0.15) is 0 Å². The van der Waals surface area contributed by atoms with Gasteiger partial charge in [0, 0.05) is 6.42 Å². The quantitative estimate of drug-likeness (QED) is 0.433. The largest absolute Gasteiger partial charge is 0.167 e. The van der Waals surface area contributed by atoms with Crippen LogP contribution in [0.1, 0.15) is 12.1 Å². The Morgan fingerprint density at radius 2 is 2.67 bits per heavy atom. The van der Waals surface area contributed by atoms with E-state index >= 15 is 0 Å². The highest BCUT2D eigenvalue weighted by molar-refractivity contribution is 4.87. The Hall–Kier alpha value is -0.860. The molecule has 0 aromatic carbocycles. The molecule has 0 radical (unpaired) electrons. The molecule has 1 aromatic rings. The molecule has 0 unspecified atom stereocenters. The number of nitrogens with zero attached hydrogens (tertiary/aromatic N) is 3. The summed E-state index contributed by atoms with van der Waals surface area (Å²) in [6.45, 7) is 1.11. The zero-order valence-electron chi connectivity index (χ0n) is 5.54. The molecule has 9 heavy (non-hydrogen) atoms. The zero-order valence-corrected chi connectivity index (χ0v) is 5.54. The molecule has 0 amide bonds. The topological polar surface area (TPSA) is 21.7 Å². The van der Waals surface area contributed by atoms with Gasteiger partial charge in [-0.05, 0) is 6.42 Å². The van der Waals surface area contributed by atoms with Gasteiger partial charge in [-0.25, -0.2) is 0 Å². The molecule has 0 saturated heterocycles. The Labute approximate surface area is 53.9 Å². The normalized spacial score (nSPS) is 16.1. The van der Waals surface area contributed by atoms with Crippen molar-refractivity contribution in [3.63, 3.8) is 0 Å². The molecule has 3 nitrogen and oxygen atoms in total. The molecule has 1 aromatic heterocycles. The van der Waals surface area contributed by atoms with Crippen molar-refractivity contribution in [2.45, 2.75) is 19.4 Å². The fraction of sp³-hybridized carbons (Fsp3) is 0.667. The van der Waals surface area contributed by atoms with Crippen molar-refractivity contribution >= 4 is 0 Å². The summed E-state index contributed by atoms with van der Waals surface area (Å²) in [5.74, 6) is 0. The number of hydrogen-bond donors (Lipinski definition) is 0. The van der Waals surface area contributed by atoms with Gasteiger partial charge in [0.25, 0.3) is 0 Å². The Kier molecular flexibility index (Phi) is 0.860. The first-order valence-electron chi connectivity index (χ1n) is 3.29. The van der Waals surface area contributed by atoms with Gasteiger partial charge in [0.2, 0.25) is 0 Å². The van der Waals surface area contributed by atoms with E-state index in [1.807, 2.05) is 11.7 Å². The fourth-order valence-electron chi connectivity index (χ4n) is 1.33. The summed E-state index contributed by atoms with van der Waals surface area (Å²) in [6.07, 6.45) is 4.56. The summed E-state index contributed by atoms with van der Waals surface area (Å²) in [7, 11) is 1.96. The molecule has 0 fully saturated rings. The number of rotatable bonds is 0. The smallest absolute Gasteiger partial charge is 0.140 e. The minimum atomic E-state index is 1.11. The number of fused-ring (bicyclic) bond motifs is 1. The first-order chi connectivity index (χ1) is 4.36. The Bertz CT molecular complexity index is 205. The second-order valence-electron chi connectivity index (χ2n) is 2.51. The minimum Gasteiger partial charge on any atom is -0.140 e. The number of aryl methyl sites for hydroxylation is 3. The first kappa shape index (κ1) is 4.97. The molecule has 0 aliphatic carbocycles. The lowest BCUT2D eigenvalue weighted by Crippen LogP contribution is -2.35. The van der Waals surface area contributed by atoms with Gasteiger partial charge in [0.05, 0.1) is 5.21 Å². The minimum absolute atomic E-state index is 1.11. The molecule has 0 N–H and O–H groups in total. The molecule has 0 atom stereocenters. The highest BCUT2D eigenvalue weighted by Crippen LogP contribution is 2.02. The van der Waals surface area contributed by atoms with Crippen molar-refractivity contribution in [3.8, 4) is 0 Å². The maximum absolute atomic E-state index is 4.22. The van der Waals surface area contributed by atoms with Crippen molar-refractivity contribution in [2.24, 2.45) is 7.05 Å². The summed E-state index contributed by atoms with van der Waals surface area (Å²) in [5.41, 5.74) is 1.37. The molecule has 0 bridgehead atoms. The standard InChI is InChI=1S/C6H10N3/c1-8-5-6-3-2-4-9(6)7-8/h5H,2-4H2,1H3/q+1. The van der Waals surface area contributed by atoms with E-state index in [4.69, 9.17) is 0 Å². The van der Waals surface area contributed by atoms with Crippen LogP contribution < -0.4 is 4.68 Å². The van der Waals surface area contributed by atoms with Crippen LogP contribution in [0, 0.1) is 0 Å². The second kappa shape index (κ2) is 1.56. The van der Waals surface area contributed by atoms with E-state index in [1.54, 1.807) is 0 Å². The predicted octanol–water partition coefficient (Wildman–Crippen LogP) is -0.346. The van der Waals surface area contributed by atoms with Gasteiger partial charge in [-0.1, -0.05) is 0 Å². The van der Waals surface area contributed by atoms with Gasteiger partial charge >= 0.3 is 0 Å². The number of hydrogen-bond acceptors (Lipinski definition) is 1. The summed E-state index contributed by atoms with van der Waals surface area (Å²) >= 11 is 0. The average molecular weight is 124 g/mol. The lowest BCUT2D eigenvalue weighted by molar-refractivity contribution is -0.749. The Morgan fingerprint density at radius 3 is 3.44 bits per heavy atom. The van der Waals surface area contributed by atoms with Crippen LogP contribution >= 0.6 is 0 Å². The zero-order chi connectivity index (χ0) is 6.27. The lowest BCUT2D eigenvalue weighted by atomic mass is 10.3. The molecular weight excluding hydrogens is 114 g/mol. The van der Waals surface area contributed by atoms with Crippen LogP contribution in [0.4, 0.5) is 0 Å². The lowest BCUT2D eigenvalue weighted by Gasteiger charge is -1.77. The van der Waals surface area contributed by atoms with Crippen molar-refractivity contribution in [2.75, 3.05) is 0 Å². The van der Waals surface area contributed by atoms with Crippen LogP contribution in [0.2, 0.25) is 0 Å². The van der Waals surface area contributed by atoms with Gasteiger partial charge < -0.3 is 0 Å². The monoisotopic (exact) mass is 124 g/mol. The van der Waals surface area contributed by atoms with Crippen LogP contribution in [-0.4, -0.2) is 9.90 Å². The van der Waals surface area contributed by atoms with E-state index in [2.05, 4.69) is 16.1 Å². The van der Waals surface area contributed by atoms with Crippen molar-refractivity contribution in [1.29, 1.82) is 0 Å². The Balaban J connectivity index is 2.51. The molecule has 1 aliphatic rings. The molecule has 0 saturated carbocycles. The Morgan fingerprint density at radius 1 is 1.78 bits per heavy atom. The van der Waals surface area contributed by atoms with Crippen molar-refractivity contribution in [1.82, 2.24) is 9.90 Å². The van der Waals surface area contributed by atoms with E-state index in [0.717, 1.165) is 6.54 Å². The third kappa shape index (κ3) is 0.642. The molecular formula is C6H10N3+. The highest BCUT2D eigenvalue weighted by Gasteiger charge is 2.18. The van der Waals surface area contributed by atoms with Gasteiger partial charge in [0.1, 0.15) is 13.6 Å². The summed E-state index contributed by atoms with van der Waals surface area (Å²) in [4.78, 5) is 0. The van der Waals surface area contributed by atoms with Crippen molar-refractivity contribution < 1.29 is 4.68 Å². The fourth-order valence-corrected chi connectivity index (χ4v) is 1.33. The maximum Gasteiger partial charge on any atom is 0.167 e. The van der Waals surface area contributed by atoms with Crippen LogP contribution in [-0.2, 0) is 20.0 Å². The molecule has 0 spiro atoms. The van der Waals surface area contributed by atoms with E-state index in [-0.39, 0.29) is 0 Å². The molecule has 48 valence electrons. The van der Waals surface area contributed by atoms with Crippen LogP contribution in [0.25, 0.3) is 0 Å². The molecule has 3 heteroatoms. The van der Waals surface area contributed by atoms with Crippen LogP contribution in [0.15, 0.2) is 6.20 Å². The predicted molar refractivity (Wildman–Crippen MR) is 31.7 cm³/mol. The molecule has 2 heterocycles. The third-order valence-corrected chi connectivity index (χ3v) is 1.72. The summed E-state index contributed by atoms with van der Waals surface area (Å²) in [6, 6.07) is 0. The van der Waals surface area contributed by atoms with E-state index in [0.29, 0.717) is 0 Å². The molecule has 2 rings (SSSR count). The SMILES string of the molecule is Cn1cc2[n+](n1)CCC2. The summed E-state index contributed by atoms with van der Waals surface area (Å²) < 4.78 is 3.94. The highest BCUT2D eigenvalue weighted by atomic mass is 15.5. The molecule has 1 aliphatic heterocycles. The summed E-state index contributed by atoms with van der Waals surface area (Å²) in [5, 5.41) is 4.22. The van der Waals surface area contributed by atoms with E-state index in [9.17, 15) is 0 Å².